The second-order valence-corrected chi connectivity index (χ2v) is 4.23. The third kappa shape index (κ3) is 4.20. The van der Waals surface area contributed by atoms with Crippen LogP contribution in [0, 0.1) is 0 Å². The van der Waals surface area contributed by atoms with Crippen molar-refractivity contribution in [2.75, 3.05) is 19.0 Å². The molecule has 0 aliphatic heterocycles. The lowest BCUT2D eigenvalue weighted by Gasteiger charge is -2.11. The zero-order chi connectivity index (χ0) is 13.8. The van der Waals surface area contributed by atoms with Gasteiger partial charge in [-0.05, 0) is 0 Å². The first-order valence-electron chi connectivity index (χ1n) is 4.80. The number of methoxy groups -OCH3 is 1. The first kappa shape index (κ1) is 14.8. The van der Waals surface area contributed by atoms with Crippen LogP contribution >= 0.6 is 11.3 Å². The van der Waals surface area contributed by atoms with Gasteiger partial charge >= 0.3 is 6.18 Å². The van der Waals surface area contributed by atoms with Gasteiger partial charge in [0.2, 0.25) is 16.0 Å². The third-order valence-corrected chi connectivity index (χ3v) is 2.81. The zero-order valence-corrected chi connectivity index (χ0v) is 10.1. The quantitative estimate of drug-likeness (QED) is 0.837. The van der Waals surface area contributed by atoms with E-state index in [-0.39, 0.29) is 29.4 Å². The Morgan fingerprint density at radius 1 is 1.56 bits per heavy atom. The molecule has 0 fully saturated rings. The number of alkyl halides is 3. The van der Waals surface area contributed by atoms with E-state index in [1.807, 2.05) is 0 Å². The summed E-state index contributed by atoms with van der Waals surface area (Å²) in [4.78, 5) is 11.4. The molecule has 1 unspecified atom stereocenters. The highest BCUT2D eigenvalue weighted by Crippen LogP contribution is 2.32. The van der Waals surface area contributed by atoms with Crippen LogP contribution in [0.2, 0.25) is 0 Å². The summed E-state index contributed by atoms with van der Waals surface area (Å²) in [6, 6.07) is 0. The predicted molar refractivity (Wildman–Crippen MR) is 58.0 cm³/mol. The summed E-state index contributed by atoms with van der Waals surface area (Å²) in [7, 11) is 1.39. The van der Waals surface area contributed by atoms with Crippen molar-refractivity contribution in [3.8, 4) is 0 Å². The highest BCUT2D eigenvalue weighted by Gasteiger charge is 2.35. The molecular weight excluding hydrogens is 273 g/mol. The number of aromatic nitrogens is 2. The first-order valence-corrected chi connectivity index (χ1v) is 5.62. The van der Waals surface area contributed by atoms with Gasteiger partial charge in [0.15, 0.2) is 0 Å². The van der Waals surface area contributed by atoms with Crippen LogP contribution in [-0.2, 0) is 15.7 Å². The lowest BCUT2D eigenvalue weighted by molar-refractivity contribution is -0.138. The number of carbonyl (C=O) groups is 1. The molecule has 6 nitrogen and oxygen atoms in total. The van der Waals surface area contributed by atoms with Crippen LogP contribution < -0.4 is 11.1 Å². The van der Waals surface area contributed by atoms with Crippen molar-refractivity contribution in [2.45, 2.75) is 18.7 Å². The van der Waals surface area contributed by atoms with E-state index in [1.165, 1.54) is 7.11 Å². The number of amides is 1. The average molecular weight is 284 g/mol. The summed E-state index contributed by atoms with van der Waals surface area (Å²) in [5.74, 6) is -0.530. The zero-order valence-electron chi connectivity index (χ0n) is 9.32. The number of hydrogen-bond donors (Lipinski definition) is 2. The van der Waals surface area contributed by atoms with E-state index in [4.69, 9.17) is 10.5 Å². The fourth-order valence-electron chi connectivity index (χ4n) is 1.03. The molecule has 3 N–H and O–H groups in total. The maximum atomic E-state index is 12.2. The molecule has 0 saturated carbocycles. The lowest BCUT2D eigenvalue weighted by atomic mass is 10.2. The maximum Gasteiger partial charge on any atom is 0.445 e. The minimum absolute atomic E-state index is 0.0616. The van der Waals surface area contributed by atoms with Crippen molar-refractivity contribution in [3.05, 3.63) is 5.01 Å². The topological polar surface area (TPSA) is 90.1 Å². The summed E-state index contributed by atoms with van der Waals surface area (Å²) in [6.45, 7) is 0.133. The Kier molecular flexibility index (Phi) is 4.99. The SMILES string of the molecule is COC(CN)CC(=O)Nc1nnc(C(F)(F)F)s1. The Morgan fingerprint density at radius 3 is 2.67 bits per heavy atom. The van der Waals surface area contributed by atoms with Crippen LogP contribution in [0.5, 0.6) is 0 Å². The molecule has 102 valence electrons. The van der Waals surface area contributed by atoms with E-state index in [0.717, 1.165) is 0 Å². The summed E-state index contributed by atoms with van der Waals surface area (Å²) in [5.41, 5.74) is 5.31. The number of ether oxygens (including phenoxy) is 1. The van der Waals surface area contributed by atoms with Crippen molar-refractivity contribution < 1.29 is 22.7 Å². The van der Waals surface area contributed by atoms with Gasteiger partial charge in [0.1, 0.15) is 0 Å². The van der Waals surface area contributed by atoms with Crippen molar-refractivity contribution in [1.82, 2.24) is 10.2 Å². The number of rotatable bonds is 5. The average Bonchev–Trinajstić information content (AvgIpc) is 2.74. The number of nitrogens with zero attached hydrogens (tertiary/aromatic N) is 2. The molecule has 18 heavy (non-hydrogen) atoms. The summed E-state index contributed by atoms with van der Waals surface area (Å²) in [5, 5.41) is 7.04. The van der Waals surface area contributed by atoms with Crippen LogP contribution in [-0.4, -0.2) is 35.9 Å². The standard InChI is InChI=1S/C8H11F3N4O2S/c1-17-4(3-12)2-5(16)13-7-15-14-6(18-7)8(9,10)11/h4H,2-3,12H2,1H3,(H,13,15,16). The molecule has 0 aliphatic carbocycles. The van der Waals surface area contributed by atoms with Gasteiger partial charge in [-0.15, -0.1) is 10.2 Å². The Morgan fingerprint density at radius 2 is 2.22 bits per heavy atom. The van der Waals surface area contributed by atoms with Gasteiger partial charge < -0.3 is 15.8 Å². The smallest absolute Gasteiger partial charge is 0.380 e. The molecule has 0 bridgehead atoms. The second kappa shape index (κ2) is 6.07. The highest BCUT2D eigenvalue weighted by molar-refractivity contribution is 7.15. The van der Waals surface area contributed by atoms with E-state index >= 15 is 0 Å². The molecule has 1 atom stereocenters. The molecule has 0 aliphatic rings. The first-order chi connectivity index (χ1) is 8.36. The fourth-order valence-corrected chi connectivity index (χ4v) is 1.66. The molecule has 1 rings (SSSR count). The molecule has 1 amide bonds. The molecule has 0 spiro atoms. The van der Waals surface area contributed by atoms with Gasteiger partial charge in [0.05, 0.1) is 12.5 Å². The molecule has 10 heteroatoms. The van der Waals surface area contributed by atoms with Gasteiger partial charge in [-0.2, -0.15) is 13.2 Å². The van der Waals surface area contributed by atoms with Gasteiger partial charge in [0.25, 0.3) is 0 Å². The van der Waals surface area contributed by atoms with Gasteiger partial charge in [-0.25, -0.2) is 0 Å². The van der Waals surface area contributed by atoms with Crippen LogP contribution in [0.15, 0.2) is 0 Å². The van der Waals surface area contributed by atoms with Crippen LogP contribution in [0.4, 0.5) is 18.3 Å². The van der Waals surface area contributed by atoms with Crippen molar-refractivity contribution in [2.24, 2.45) is 5.73 Å². The van der Waals surface area contributed by atoms with E-state index < -0.39 is 23.2 Å². The minimum atomic E-state index is -4.56. The minimum Gasteiger partial charge on any atom is -0.380 e. The Balaban J connectivity index is 2.57. The Hall–Kier alpha value is -1.26. The normalized spacial score (nSPS) is 13.4. The molecule has 0 radical (unpaired) electrons. The highest BCUT2D eigenvalue weighted by atomic mass is 32.1. The monoisotopic (exact) mass is 284 g/mol. The lowest BCUT2D eigenvalue weighted by Crippen LogP contribution is -2.28. The van der Waals surface area contributed by atoms with Crippen LogP contribution in [0.1, 0.15) is 11.4 Å². The number of anilines is 1. The molecule has 1 heterocycles. The summed E-state index contributed by atoms with van der Waals surface area (Å²) in [6.07, 6.45) is -5.11. The number of carbonyl (C=O) groups excluding carboxylic acids is 1. The molecule has 0 saturated heterocycles. The predicted octanol–water partition coefficient (Wildman–Crippen LogP) is 0.859. The van der Waals surface area contributed by atoms with Crippen molar-refractivity contribution >= 4 is 22.4 Å². The van der Waals surface area contributed by atoms with Gasteiger partial charge in [0, 0.05) is 13.7 Å². The molecule has 1 aromatic heterocycles. The molecule has 1 aromatic rings. The van der Waals surface area contributed by atoms with E-state index in [2.05, 4.69) is 15.5 Å². The van der Waals surface area contributed by atoms with Gasteiger partial charge in [-0.3, -0.25) is 4.79 Å². The van der Waals surface area contributed by atoms with Crippen LogP contribution in [0.3, 0.4) is 0 Å². The maximum absolute atomic E-state index is 12.2. The number of hydrogen-bond acceptors (Lipinski definition) is 6. The summed E-state index contributed by atoms with van der Waals surface area (Å²) >= 11 is 0.259. The number of nitrogens with two attached hydrogens (primary N) is 1. The number of nitrogens with one attached hydrogen (secondary N) is 1. The van der Waals surface area contributed by atoms with Gasteiger partial charge in [-0.1, -0.05) is 11.3 Å². The largest absolute Gasteiger partial charge is 0.445 e. The van der Waals surface area contributed by atoms with E-state index in [9.17, 15) is 18.0 Å². The van der Waals surface area contributed by atoms with E-state index in [0.29, 0.717) is 0 Å². The molecular formula is C8H11F3N4O2S. The summed E-state index contributed by atoms with van der Waals surface area (Å²) < 4.78 is 41.5. The Labute approximate surface area is 104 Å². The third-order valence-electron chi connectivity index (χ3n) is 1.92. The fraction of sp³-hybridized carbons (Fsp3) is 0.625. The van der Waals surface area contributed by atoms with Crippen molar-refractivity contribution in [3.63, 3.8) is 0 Å². The van der Waals surface area contributed by atoms with E-state index in [1.54, 1.807) is 0 Å². The number of halogens is 3. The molecule has 0 aromatic carbocycles. The van der Waals surface area contributed by atoms with Crippen LogP contribution in [0.25, 0.3) is 0 Å². The van der Waals surface area contributed by atoms with Crippen molar-refractivity contribution in [1.29, 1.82) is 0 Å². The Bertz CT molecular complexity index is 405. The second-order valence-electron chi connectivity index (χ2n) is 3.26.